The van der Waals surface area contributed by atoms with E-state index < -0.39 is 11.9 Å². The molecule has 12 heteroatoms. The molecule has 1 saturated carbocycles. The molecule has 0 radical (unpaired) electrons. The summed E-state index contributed by atoms with van der Waals surface area (Å²) in [6.07, 6.45) is 6.81. The molecule has 11 nitrogen and oxygen atoms in total. The van der Waals surface area contributed by atoms with Gasteiger partial charge in [-0.15, -0.1) is 0 Å². The van der Waals surface area contributed by atoms with Gasteiger partial charge in [0.05, 0.1) is 44.0 Å². The molecule has 2 N–H and O–H groups in total. The van der Waals surface area contributed by atoms with Crippen LogP contribution in [0.1, 0.15) is 33.1 Å². The summed E-state index contributed by atoms with van der Waals surface area (Å²) in [4.78, 5) is 47.4. The zero-order valence-corrected chi connectivity index (χ0v) is 25.1. The summed E-state index contributed by atoms with van der Waals surface area (Å²) in [6, 6.07) is 10.8. The lowest BCUT2D eigenvalue weighted by Crippen LogP contribution is -2.33. The number of rotatable bonds is 16. The van der Waals surface area contributed by atoms with Gasteiger partial charge < -0.3 is 24.8 Å². The standard InChI is InChI=1S/C31H36ClN5O6/c1-3-41-29(39)12-14-37(18-30(40)42-4-2)13-6-9-28(38)36-26-16-24-25(17-27(26)43-19-21-10-11-21)33-20-34-31(24)35-23-8-5-7-22(32)15-23/h5-9,15-17,20-21H,3-4,10-14,18-19H2,1-2H3,(H,36,38)(H,33,34,35)/b9-6+. The fraction of sp³-hybridized carbons (Fsp3) is 0.387. The third kappa shape index (κ3) is 10.2. The molecule has 0 saturated heterocycles. The molecule has 1 fully saturated rings. The maximum absolute atomic E-state index is 13.0. The van der Waals surface area contributed by atoms with Crippen LogP contribution in [-0.4, -0.2) is 72.2 Å². The van der Waals surface area contributed by atoms with Crippen LogP contribution in [0.15, 0.2) is 54.9 Å². The van der Waals surface area contributed by atoms with E-state index in [1.165, 1.54) is 12.4 Å². The first-order chi connectivity index (χ1) is 20.8. The quantitative estimate of drug-likeness (QED) is 0.166. The molecular formula is C31H36ClN5O6. The molecule has 228 valence electrons. The second-order valence-corrected chi connectivity index (χ2v) is 10.4. The Hall–Kier alpha value is -4.22. The number of anilines is 3. The van der Waals surface area contributed by atoms with Crippen LogP contribution in [0.4, 0.5) is 17.2 Å². The number of halogens is 1. The highest BCUT2D eigenvalue weighted by Gasteiger charge is 2.23. The van der Waals surface area contributed by atoms with Gasteiger partial charge in [0.1, 0.15) is 17.9 Å². The van der Waals surface area contributed by atoms with Crippen molar-refractivity contribution in [3.05, 3.63) is 59.9 Å². The Labute approximate surface area is 255 Å². The van der Waals surface area contributed by atoms with E-state index in [1.807, 2.05) is 12.1 Å². The van der Waals surface area contributed by atoms with Crippen LogP contribution < -0.4 is 15.4 Å². The molecule has 0 aliphatic heterocycles. The van der Waals surface area contributed by atoms with Crippen molar-refractivity contribution in [3.63, 3.8) is 0 Å². The number of nitrogens with zero attached hydrogens (tertiary/aromatic N) is 3. The Balaban J connectivity index is 1.50. The van der Waals surface area contributed by atoms with Gasteiger partial charge in [0, 0.05) is 41.3 Å². The minimum Gasteiger partial charge on any atom is -0.491 e. The summed E-state index contributed by atoms with van der Waals surface area (Å²) in [7, 11) is 0. The highest BCUT2D eigenvalue weighted by molar-refractivity contribution is 6.30. The van der Waals surface area contributed by atoms with Gasteiger partial charge in [-0.2, -0.15) is 0 Å². The molecule has 1 amide bonds. The van der Waals surface area contributed by atoms with Crippen LogP contribution in [0, 0.1) is 5.92 Å². The van der Waals surface area contributed by atoms with Gasteiger partial charge in [-0.1, -0.05) is 23.7 Å². The molecule has 0 bridgehead atoms. The largest absolute Gasteiger partial charge is 0.491 e. The molecule has 3 aromatic rings. The van der Waals surface area contributed by atoms with Gasteiger partial charge in [-0.3, -0.25) is 19.3 Å². The van der Waals surface area contributed by atoms with Gasteiger partial charge in [0.25, 0.3) is 0 Å². The number of ether oxygens (including phenoxy) is 3. The molecule has 1 aliphatic rings. The van der Waals surface area contributed by atoms with E-state index >= 15 is 0 Å². The fourth-order valence-corrected chi connectivity index (χ4v) is 4.38. The molecule has 43 heavy (non-hydrogen) atoms. The molecule has 1 heterocycles. The van der Waals surface area contributed by atoms with Crippen molar-refractivity contribution in [1.29, 1.82) is 0 Å². The normalized spacial score (nSPS) is 12.8. The van der Waals surface area contributed by atoms with Gasteiger partial charge in [0.15, 0.2) is 0 Å². The lowest BCUT2D eigenvalue weighted by molar-refractivity contribution is -0.147. The van der Waals surface area contributed by atoms with Crippen LogP contribution >= 0.6 is 11.6 Å². The number of hydrogen-bond donors (Lipinski definition) is 2. The Morgan fingerprint density at radius 2 is 1.86 bits per heavy atom. The summed E-state index contributed by atoms with van der Waals surface area (Å²) in [5, 5.41) is 7.44. The van der Waals surface area contributed by atoms with Crippen molar-refractivity contribution in [3.8, 4) is 5.75 Å². The number of esters is 2. The van der Waals surface area contributed by atoms with Crippen LogP contribution in [0.25, 0.3) is 10.9 Å². The van der Waals surface area contributed by atoms with Crippen molar-refractivity contribution < 1.29 is 28.6 Å². The van der Waals surface area contributed by atoms with E-state index in [-0.39, 0.29) is 45.2 Å². The number of carbonyl (C=O) groups excluding carboxylic acids is 3. The van der Waals surface area contributed by atoms with Gasteiger partial charge in [-0.05, 0) is 56.9 Å². The predicted octanol–water partition coefficient (Wildman–Crippen LogP) is 5.13. The fourth-order valence-electron chi connectivity index (χ4n) is 4.19. The van der Waals surface area contributed by atoms with E-state index in [0.29, 0.717) is 45.7 Å². The third-order valence-electron chi connectivity index (χ3n) is 6.48. The van der Waals surface area contributed by atoms with Gasteiger partial charge in [0.2, 0.25) is 5.91 Å². The Morgan fingerprint density at radius 1 is 1.07 bits per heavy atom. The first-order valence-electron chi connectivity index (χ1n) is 14.3. The van der Waals surface area contributed by atoms with E-state index in [1.54, 1.807) is 49.1 Å². The van der Waals surface area contributed by atoms with E-state index in [0.717, 1.165) is 18.5 Å². The summed E-state index contributed by atoms with van der Waals surface area (Å²) in [5.74, 6) is 0.390. The van der Waals surface area contributed by atoms with Crippen LogP contribution in [-0.2, 0) is 23.9 Å². The lowest BCUT2D eigenvalue weighted by Gasteiger charge is -2.19. The molecule has 0 atom stereocenters. The van der Waals surface area contributed by atoms with E-state index in [2.05, 4.69) is 20.6 Å². The second-order valence-electron chi connectivity index (χ2n) is 9.96. The first kappa shape index (κ1) is 31.7. The summed E-state index contributed by atoms with van der Waals surface area (Å²) >= 11 is 6.15. The number of hydrogen-bond acceptors (Lipinski definition) is 10. The first-order valence-corrected chi connectivity index (χ1v) is 14.7. The number of fused-ring (bicyclic) bond motifs is 1. The van der Waals surface area contributed by atoms with Crippen molar-refractivity contribution in [2.24, 2.45) is 5.92 Å². The van der Waals surface area contributed by atoms with Gasteiger partial charge >= 0.3 is 11.9 Å². The Kier molecular flexibility index (Phi) is 11.7. The summed E-state index contributed by atoms with van der Waals surface area (Å²) in [5.41, 5.74) is 1.87. The number of amides is 1. The van der Waals surface area contributed by atoms with Gasteiger partial charge in [-0.25, -0.2) is 9.97 Å². The molecular weight excluding hydrogens is 574 g/mol. The average molecular weight is 610 g/mol. The zero-order chi connectivity index (χ0) is 30.6. The number of nitrogens with one attached hydrogen (secondary N) is 2. The number of aromatic nitrogens is 2. The zero-order valence-electron chi connectivity index (χ0n) is 24.3. The molecule has 1 aliphatic carbocycles. The molecule has 4 rings (SSSR count). The number of benzene rings is 2. The van der Waals surface area contributed by atoms with Crippen LogP contribution in [0.5, 0.6) is 5.75 Å². The highest BCUT2D eigenvalue weighted by atomic mass is 35.5. The third-order valence-corrected chi connectivity index (χ3v) is 6.72. The molecule has 1 aromatic heterocycles. The predicted molar refractivity (Wildman–Crippen MR) is 165 cm³/mol. The maximum Gasteiger partial charge on any atom is 0.320 e. The Morgan fingerprint density at radius 3 is 2.60 bits per heavy atom. The minimum atomic E-state index is -0.415. The minimum absolute atomic E-state index is 0.0224. The maximum atomic E-state index is 13.0. The van der Waals surface area contributed by atoms with Crippen molar-refractivity contribution >= 4 is 57.5 Å². The summed E-state index contributed by atoms with van der Waals surface area (Å²) in [6.45, 7) is 5.03. The molecule has 0 unspecified atom stereocenters. The van der Waals surface area contributed by atoms with Crippen LogP contribution in [0.2, 0.25) is 5.02 Å². The monoisotopic (exact) mass is 609 g/mol. The molecule has 2 aromatic carbocycles. The topological polar surface area (TPSA) is 132 Å². The Bertz CT molecular complexity index is 1460. The lowest BCUT2D eigenvalue weighted by atomic mass is 10.1. The summed E-state index contributed by atoms with van der Waals surface area (Å²) < 4.78 is 16.1. The van der Waals surface area contributed by atoms with Crippen molar-refractivity contribution in [1.82, 2.24) is 14.9 Å². The highest BCUT2D eigenvalue weighted by Crippen LogP contribution is 2.36. The van der Waals surface area contributed by atoms with Crippen molar-refractivity contribution in [2.75, 3.05) is 50.1 Å². The van der Waals surface area contributed by atoms with Crippen LogP contribution in [0.3, 0.4) is 0 Å². The smallest absolute Gasteiger partial charge is 0.320 e. The van der Waals surface area contributed by atoms with E-state index in [4.69, 9.17) is 25.8 Å². The molecule has 0 spiro atoms. The second kappa shape index (κ2) is 15.9. The number of carbonyl (C=O) groups is 3. The van der Waals surface area contributed by atoms with E-state index in [9.17, 15) is 14.4 Å². The average Bonchev–Trinajstić information content (AvgIpc) is 3.80. The van der Waals surface area contributed by atoms with Crippen molar-refractivity contribution in [2.45, 2.75) is 33.1 Å². The SMILES string of the molecule is CCOC(=O)CCN(C/C=C/C(=O)Nc1cc2c(Nc3cccc(Cl)c3)ncnc2cc1OCC1CC1)CC(=O)OCC.